The zero-order valence-corrected chi connectivity index (χ0v) is 10.2. The van der Waals surface area contributed by atoms with Crippen LogP contribution in [0.1, 0.15) is 39.2 Å². The van der Waals surface area contributed by atoms with E-state index >= 15 is 0 Å². The molecule has 4 heteroatoms. The Balaban J connectivity index is 3.03. The Hall–Kier alpha value is -1.45. The van der Waals surface area contributed by atoms with E-state index in [-0.39, 0.29) is 0 Å². The van der Waals surface area contributed by atoms with E-state index in [0.29, 0.717) is 11.7 Å². The van der Waals surface area contributed by atoms with E-state index in [2.05, 4.69) is 23.8 Å². The molecule has 1 N–H and O–H groups in total. The van der Waals surface area contributed by atoms with E-state index < -0.39 is 11.4 Å². The largest absolute Gasteiger partial charge is 0.481 e. The molecule has 16 heavy (non-hydrogen) atoms. The van der Waals surface area contributed by atoms with Gasteiger partial charge in [0.2, 0.25) is 0 Å². The summed E-state index contributed by atoms with van der Waals surface area (Å²) >= 11 is 0. The minimum absolute atomic E-state index is 0.373. The van der Waals surface area contributed by atoms with Gasteiger partial charge >= 0.3 is 5.97 Å². The van der Waals surface area contributed by atoms with Gasteiger partial charge in [0.25, 0.3) is 0 Å². The molecule has 88 valence electrons. The van der Waals surface area contributed by atoms with E-state index in [1.54, 1.807) is 20.0 Å². The van der Waals surface area contributed by atoms with Gasteiger partial charge in [0.1, 0.15) is 11.2 Å². The molecule has 0 aliphatic rings. The summed E-state index contributed by atoms with van der Waals surface area (Å²) in [4.78, 5) is 19.4. The van der Waals surface area contributed by atoms with Crippen molar-refractivity contribution in [2.75, 3.05) is 0 Å². The monoisotopic (exact) mass is 222 g/mol. The number of rotatable bonds is 4. The van der Waals surface area contributed by atoms with Gasteiger partial charge in [-0.05, 0) is 32.3 Å². The molecule has 0 amide bonds. The van der Waals surface area contributed by atoms with Crippen LogP contribution in [0, 0.1) is 5.92 Å². The fraction of sp³-hybridized carbons (Fsp3) is 0.583. The van der Waals surface area contributed by atoms with Crippen LogP contribution in [0.15, 0.2) is 12.3 Å². The summed E-state index contributed by atoms with van der Waals surface area (Å²) in [5.74, 6) is -0.0389. The first-order chi connectivity index (χ1) is 7.34. The first-order valence-corrected chi connectivity index (χ1v) is 5.40. The van der Waals surface area contributed by atoms with Crippen LogP contribution < -0.4 is 0 Å². The lowest BCUT2D eigenvalue weighted by Gasteiger charge is -2.17. The topological polar surface area (TPSA) is 63.1 Å². The van der Waals surface area contributed by atoms with Gasteiger partial charge in [-0.15, -0.1) is 0 Å². The quantitative estimate of drug-likeness (QED) is 0.846. The second-order valence-corrected chi connectivity index (χ2v) is 4.90. The molecule has 4 nitrogen and oxygen atoms in total. The maximum absolute atomic E-state index is 11.1. The highest BCUT2D eigenvalue weighted by molar-refractivity contribution is 5.78. The summed E-state index contributed by atoms with van der Waals surface area (Å²) < 4.78 is 0. The van der Waals surface area contributed by atoms with Crippen LogP contribution >= 0.6 is 0 Å². The molecule has 0 spiro atoms. The van der Waals surface area contributed by atoms with Gasteiger partial charge in [-0.3, -0.25) is 4.79 Å². The Morgan fingerprint density at radius 1 is 1.50 bits per heavy atom. The number of carboxylic acid groups (broad SMARTS) is 1. The molecule has 1 aromatic rings. The highest BCUT2D eigenvalue weighted by atomic mass is 16.4. The summed E-state index contributed by atoms with van der Waals surface area (Å²) in [7, 11) is 0. The second kappa shape index (κ2) is 4.60. The Bertz CT molecular complexity index is 386. The van der Waals surface area contributed by atoms with Gasteiger partial charge in [0, 0.05) is 11.9 Å². The molecule has 1 aromatic heterocycles. The third-order valence-electron chi connectivity index (χ3n) is 2.42. The highest BCUT2D eigenvalue weighted by Gasteiger charge is 2.32. The maximum atomic E-state index is 11.1. The van der Waals surface area contributed by atoms with Gasteiger partial charge in [0.05, 0.1) is 0 Å². The molecule has 0 fully saturated rings. The van der Waals surface area contributed by atoms with E-state index in [4.69, 9.17) is 5.11 Å². The Kier molecular flexibility index (Phi) is 3.62. The first kappa shape index (κ1) is 12.6. The molecule has 0 atom stereocenters. The molecule has 0 unspecified atom stereocenters. The summed E-state index contributed by atoms with van der Waals surface area (Å²) in [5.41, 5.74) is -0.137. The Labute approximate surface area is 95.7 Å². The average molecular weight is 222 g/mol. The Morgan fingerprint density at radius 3 is 2.62 bits per heavy atom. The third kappa shape index (κ3) is 2.78. The fourth-order valence-corrected chi connectivity index (χ4v) is 1.32. The van der Waals surface area contributed by atoms with Crippen LogP contribution in [0.5, 0.6) is 0 Å². The molecule has 0 bridgehead atoms. The third-order valence-corrected chi connectivity index (χ3v) is 2.42. The van der Waals surface area contributed by atoms with Crippen molar-refractivity contribution in [3.05, 3.63) is 23.8 Å². The van der Waals surface area contributed by atoms with Crippen LogP contribution in [0.2, 0.25) is 0 Å². The number of aromatic nitrogens is 2. The lowest BCUT2D eigenvalue weighted by molar-refractivity contribution is -0.142. The summed E-state index contributed by atoms with van der Waals surface area (Å²) in [6.45, 7) is 7.43. The molecule has 0 aliphatic carbocycles. The van der Waals surface area contributed by atoms with Gasteiger partial charge < -0.3 is 5.11 Å². The highest BCUT2D eigenvalue weighted by Crippen LogP contribution is 2.19. The summed E-state index contributed by atoms with van der Waals surface area (Å²) in [6, 6.07) is 1.83. The van der Waals surface area contributed by atoms with E-state index in [1.807, 2.05) is 6.07 Å². The van der Waals surface area contributed by atoms with Gasteiger partial charge in [0.15, 0.2) is 0 Å². The zero-order valence-electron chi connectivity index (χ0n) is 10.2. The number of aliphatic carboxylic acids is 1. The van der Waals surface area contributed by atoms with Crippen LogP contribution in [0.25, 0.3) is 0 Å². The van der Waals surface area contributed by atoms with Crippen molar-refractivity contribution in [1.29, 1.82) is 0 Å². The van der Waals surface area contributed by atoms with Crippen molar-refractivity contribution in [2.24, 2.45) is 5.92 Å². The molecular weight excluding hydrogens is 204 g/mol. The van der Waals surface area contributed by atoms with Gasteiger partial charge in [-0.2, -0.15) is 0 Å². The number of nitrogens with zero attached hydrogens (tertiary/aromatic N) is 2. The van der Waals surface area contributed by atoms with Crippen LogP contribution in [-0.2, 0) is 16.6 Å². The number of carboxylic acids is 1. The molecule has 1 rings (SSSR count). The van der Waals surface area contributed by atoms with Crippen molar-refractivity contribution >= 4 is 5.97 Å². The minimum Gasteiger partial charge on any atom is -0.481 e. The molecule has 0 radical (unpaired) electrons. The van der Waals surface area contributed by atoms with Crippen LogP contribution in [-0.4, -0.2) is 21.0 Å². The normalized spacial score (nSPS) is 11.8. The molecule has 0 aromatic carbocycles. The number of hydrogen-bond acceptors (Lipinski definition) is 3. The van der Waals surface area contributed by atoms with Gasteiger partial charge in [-0.25, -0.2) is 9.97 Å². The van der Waals surface area contributed by atoms with Crippen molar-refractivity contribution < 1.29 is 9.90 Å². The summed E-state index contributed by atoms with van der Waals surface area (Å²) in [5, 5.41) is 9.09. The maximum Gasteiger partial charge on any atom is 0.316 e. The minimum atomic E-state index is -1.03. The van der Waals surface area contributed by atoms with Crippen molar-refractivity contribution in [3.63, 3.8) is 0 Å². The van der Waals surface area contributed by atoms with Crippen LogP contribution in [0.4, 0.5) is 0 Å². The lowest BCUT2D eigenvalue weighted by Crippen LogP contribution is -2.31. The summed E-state index contributed by atoms with van der Waals surface area (Å²) in [6.07, 6.45) is 2.47. The van der Waals surface area contributed by atoms with E-state index in [0.717, 1.165) is 12.1 Å². The smallest absolute Gasteiger partial charge is 0.316 e. The van der Waals surface area contributed by atoms with Crippen molar-refractivity contribution in [1.82, 2.24) is 9.97 Å². The number of hydrogen-bond donors (Lipinski definition) is 1. The van der Waals surface area contributed by atoms with Crippen LogP contribution in [0.3, 0.4) is 0 Å². The molecule has 1 heterocycles. The second-order valence-electron chi connectivity index (χ2n) is 4.90. The fourth-order valence-electron chi connectivity index (χ4n) is 1.32. The first-order valence-electron chi connectivity index (χ1n) is 5.40. The lowest BCUT2D eigenvalue weighted by atomic mass is 9.92. The molecule has 0 saturated heterocycles. The van der Waals surface area contributed by atoms with Crippen molar-refractivity contribution in [2.45, 2.75) is 39.5 Å². The predicted octanol–water partition coefficient (Wildman–Crippen LogP) is 2.04. The zero-order chi connectivity index (χ0) is 12.3. The standard InChI is InChI=1S/C12H18N2O2/c1-8(2)7-9-5-6-13-10(14-9)12(3,4)11(15)16/h5-6,8H,7H2,1-4H3,(H,15,16). The van der Waals surface area contributed by atoms with E-state index in [9.17, 15) is 4.79 Å². The van der Waals surface area contributed by atoms with Gasteiger partial charge in [-0.1, -0.05) is 13.8 Å². The average Bonchev–Trinajstić information content (AvgIpc) is 2.16. The Morgan fingerprint density at radius 2 is 2.12 bits per heavy atom. The molecule has 0 saturated carbocycles. The SMILES string of the molecule is CC(C)Cc1ccnc(C(C)(C)C(=O)O)n1. The molecular formula is C12H18N2O2. The van der Waals surface area contributed by atoms with Crippen molar-refractivity contribution in [3.8, 4) is 0 Å². The predicted molar refractivity (Wildman–Crippen MR) is 61.2 cm³/mol. The molecule has 0 aliphatic heterocycles. The van der Waals surface area contributed by atoms with E-state index in [1.165, 1.54) is 0 Å². The number of carbonyl (C=O) groups is 1.